The summed E-state index contributed by atoms with van der Waals surface area (Å²) < 4.78 is 15.9. The molecule has 0 bridgehead atoms. The van der Waals surface area contributed by atoms with Crippen LogP contribution >= 0.6 is 11.6 Å². The predicted octanol–water partition coefficient (Wildman–Crippen LogP) is 3.20. The number of ether oxygens (including phenoxy) is 3. The summed E-state index contributed by atoms with van der Waals surface area (Å²) in [6.45, 7) is 2.19. The van der Waals surface area contributed by atoms with Gasteiger partial charge in [0.05, 0.1) is 4.92 Å². The number of hydrogen-bond donors (Lipinski definition) is 1. The molecule has 9 nitrogen and oxygen atoms in total. The van der Waals surface area contributed by atoms with Gasteiger partial charge in [-0.1, -0.05) is 11.6 Å². The number of esters is 1. The van der Waals surface area contributed by atoms with E-state index in [4.69, 9.17) is 25.8 Å². The number of benzene rings is 2. The lowest BCUT2D eigenvalue weighted by molar-refractivity contribution is -0.385. The lowest BCUT2D eigenvalue weighted by Crippen LogP contribution is -2.30. The van der Waals surface area contributed by atoms with Crippen LogP contribution in [0.5, 0.6) is 11.5 Å². The molecule has 2 aromatic carbocycles. The Morgan fingerprint density at radius 2 is 1.89 bits per heavy atom. The molecule has 0 saturated heterocycles. The molecule has 0 aromatic heterocycles. The van der Waals surface area contributed by atoms with Crippen molar-refractivity contribution in [3.8, 4) is 11.5 Å². The third-order valence-electron chi connectivity index (χ3n) is 3.84. The molecule has 1 unspecified atom stereocenters. The lowest BCUT2D eigenvalue weighted by Gasteiger charge is -2.19. The fraction of sp³-hybridized carbons (Fsp3) is 0.222. The molecule has 1 N–H and O–H groups in total. The minimum atomic E-state index is -1.21. The Bertz CT molecular complexity index is 948. The van der Waals surface area contributed by atoms with Gasteiger partial charge in [-0.05, 0) is 31.2 Å². The van der Waals surface area contributed by atoms with E-state index in [0.717, 1.165) is 12.1 Å². The second kappa shape index (κ2) is 8.13. The predicted molar refractivity (Wildman–Crippen MR) is 99.0 cm³/mol. The van der Waals surface area contributed by atoms with E-state index in [2.05, 4.69) is 5.32 Å². The second-order valence-corrected chi connectivity index (χ2v) is 6.25. The number of anilines is 1. The summed E-state index contributed by atoms with van der Waals surface area (Å²) in [6.07, 6.45) is -1.21. The van der Waals surface area contributed by atoms with Crippen molar-refractivity contribution in [3.63, 3.8) is 0 Å². The number of nitrogens with one attached hydrogen (secondary N) is 1. The highest BCUT2D eigenvalue weighted by molar-refractivity contribution is 6.31. The Balaban J connectivity index is 1.68. The Morgan fingerprint density at radius 1 is 1.18 bits per heavy atom. The first kappa shape index (κ1) is 19.4. The molecule has 0 spiro atoms. The molecule has 1 atom stereocenters. The number of amides is 1. The zero-order valence-electron chi connectivity index (χ0n) is 14.6. The largest absolute Gasteiger partial charge is 0.486 e. The summed E-state index contributed by atoms with van der Waals surface area (Å²) in [5, 5.41) is 13.8. The summed E-state index contributed by atoms with van der Waals surface area (Å²) >= 11 is 5.80. The molecule has 1 amide bonds. The van der Waals surface area contributed by atoms with Gasteiger partial charge in [-0.15, -0.1) is 0 Å². The smallest absolute Gasteiger partial charge is 0.345 e. The number of nitrogens with zero attached hydrogens (tertiary/aromatic N) is 1. The van der Waals surface area contributed by atoms with E-state index >= 15 is 0 Å². The van der Waals surface area contributed by atoms with E-state index in [1.54, 1.807) is 18.2 Å². The van der Waals surface area contributed by atoms with Crippen molar-refractivity contribution in [1.29, 1.82) is 0 Å². The van der Waals surface area contributed by atoms with Gasteiger partial charge < -0.3 is 19.5 Å². The molecule has 28 heavy (non-hydrogen) atoms. The lowest BCUT2D eigenvalue weighted by atomic mass is 10.2. The summed E-state index contributed by atoms with van der Waals surface area (Å²) in [6, 6.07) is 8.35. The van der Waals surface area contributed by atoms with Crippen LogP contribution in [-0.2, 0) is 9.53 Å². The number of hydrogen-bond acceptors (Lipinski definition) is 7. The number of halogens is 1. The van der Waals surface area contributed by atoms with E-state index < -0.39 is 28.6 Å². The van der Waals surface area contributed by atoms with E-state index in [0.29, 0.717) is 30.4 Å². The van der Waals surface area contributed by atoms with Crippen LogP contribution in [0.3, 0.4) is 0 Å². The van der Waals surface area contributed by atoms with Gasteiger partial charge in [-0.3, -0.25) is 14.9 Å². The number of carbonyl (C=O) groups excluding carboxylic acids is 2. The first-order chi connectivity index (χ1) is 13.3. The number of fused-ring (bicyclic) bond motifs is 1. The topological polar surface area (TPSA) is 117 Å². The third kappa shape index (κ3) is 4.32. The van der Waals surface area contributed by atoms with Crippen LogP contribution in [0.15, 0.2) is 36.4 Å². The molecular formula is C18H15ClN2O7. The normalized spacial score (nSPS) is 13.4. The van der Waals surface area contributed by atoms with Crippen LogP contribution in [0, 0.1) is 10.1 Å². The number of nitro groups is 1. The minimum absolute atomic E-state index is 0.130. The molecular weight excluding hydrogens is 392 g/mol. The molecule has 0 aliphatic carbocycles. The zero-order chi connectivity index (χ0) is 20.3. The van der Waals surface area contributed by atoms with Gasteiger partial charge in [-0.2, -0.15) is 0 Å². The highest BCUT2D eigenvalue weighted by Gasteiger charge is 2.26. The molecule has 10 heteroatoms. The minimum Gasteiger partial charge on any atom is -0.486 e. The highest BCUT2D eigenvalue weighted by Crippen LogP contribution is 2.32. The van der Waals surface area contributed by atoms with Crippen molar-refractivity contribution in [2.75, 3.05) is 18.5 Å². The van der Waals surface area contributed by atoms with Gasteiger partial charge in [-0.25, -0.2) is 4.79 Å². The highest BCUT2D eigenvalue weighted by atomic mass is 35.5. The second-order valence-electron chi connectivity index (χ2n) is 5.81. The third-order valence-corrected chi connectivity index (χ3v) is 4.07. The maximum absolute atomic E-state index is 12.3. The fourth-order valence-corrected chi connectivity index (χ4v) is 2.65. The maximum Gasteiger partial charge on any atom is 0.345 e. The SMILES string of the molecule is CC(OC(=O)c1cc(Cl)ccc1[N+](=O)[O-])C(=O)Nc1ccc2c(c1)OCCO2. The van der Waals surface area contributed by atoms with E-state index in [1.165, 1.54) is 13.0 Å². The molecule has 3 rings (SSSR count). The van der Waals surface area contributed by atoms with Gasteiger partial charge in [0.25, 0.3) is 11.6 Å². The summed E-state index contributed by atoms with van der Waals surface area (Å²) in [5.41, 5.74) is -0.379. The van der Waals surface area contributed by atoms with Crippen LogP contribution in [-0.4, -0.2) is 36.1 Å². The first-order valence-corrected chi connectivity index (χ1v) is 8.58. The van der Waals surface area contributed by atoms with Gasteiger partial charge >= 0.3 is 5.97 Å². The zero-order valence-corrected chi connectivity index (χ0v) is 15.4. The Labute approximate surface area is 164 Å². The summed E-state index contributed by atoms with van der Waals surface area (Å²) in [7, 11) is 0. The van der Waals surface area contributed by atoms with Crippen LogP contribution in [0.2, 0.25) is 5.02 Å². The Morgan fingerprint density at radius 3 is 2.61 bits per heavy atom. The average molecular weight is 407 g/mol. The van der Waals surface area contributed by atoms with Crippen molar-refractivity contribution >= 4 is 34.9 Å². The van der Waals surface area contributed by atoms with E-state index in [-0.39, 0.29) is 10.6 Å². The molecule has 1 heterocycles. The van der Waals surface area contributed by atoms with Crippen LogP contribution in [0.1, 0.15) is 17.3 Å². The van der Waals surface area contributed by atoms with Gasteiger partial charge in [0.2, 0.25) is 0 Å². The Kier molecular flexibility index (Phi) is 5.65. The Hall–Kier alpha value is -3.33. The quantitative estimate of drug-likeness (QED) is 0.460. The van der Waals surface area contributed by atoms with E-state index in [1.807, 2.05) is 0 Å². The van der Waals surface area contributed by atoms with Gasteiger partial charge in [0.15, 0.2) is 17.6 Å². The molecule has 1 aliphatic rings. The van der Waals surface area contributed by atoms with Crippen molar-refractivity contribution in [3.05, 3.63) is 57.1 Å². The standard InChI is InChI=1S/C18H15ClN2O7/c1-10(28-18(23)13-8-11(19)2-4-14(13)21(24)25)17(22)20-12-3-5-15-16(9-12)27-7-6-26-15/h2-5,8-10H,6-7H2,1H3,(H,20,22). The summed E-state index contributed by atoms with van der Waals surface area (Å²) in [4.78, 5) is 34.9. The van der Waals surface area contributed by atoms with Crippen molar-refractivity contribution < 1.29 is 28.7 Å². The average Bonchev–Trinajstić information content (AvgIpc) is 2.67. The van der Waals surface area contributed by atoms with Crippen molar-refractivity contribution in [2.24, 2.45) is 0 Å². The summed E-state index contributed by atoms with van der Waals surface area (Å²) in [5.74, 6) is -0.589. The fourth-order valence-electron chi connectivity index (χ4n) is 2.47. The van der Waals surface area contributed by atoms with E-state index in [9.17, 15) is 19.7 Å². The monoisotopic (exact) mass is 406 g/mol. The molecule has 0 radical (unpaired) electrons. The van der Waals surface area contributed by atoms with Crippen molar-refractivity contribution in [2.45, 2.75) is 13.0 Å². The van der Waals surface area contributed by atoms with Crippen molar-refractivity contribution in [1.82, 2.24) is 0 Å². The van der Waals surface area contributed by atoms with Crippen LogP contribution in [0.25, 0.3) is 0 Å². The van der Waals surface area contributed by atoms with Gasteiger partial charge in [0, 0.05) is 22.8 Å². The molecule has 1 aliphatic heterocycles. The molecule has 0 fully saturated rings. The molecule has 0 saturated carbocycles. The first-order valence-electron chi connectivity index (χ1n) is 8.20. The number of nitro benzene ring substituents is 1. The molecule has 2 aromatic rings. The maximum atomic E-state index is 12.3. The van der Waals surface area contributed by atoms with Crippen LogP contribution in [0.4, 0.5) is 11.4 Å². The number of rotatable bonds is 5. The van der Waals surface area contributed by atoms with Crippen LogP contribution < -0.4 is 14.8 Å². The van der Waals surface area contributed by atoms with Gasteiger partial charge in [0.1, 0.15) is 18.8 Å². The number of carbonyl (C=O) groups is 2. The molecule has 146 valence electrons.